The Morgan fingerprint density at radius 2 is 2.25 bits per heavy atom. The molecule has 1 fully saturated rings. The molecule has 1 aromatic rings. The smallest absolute Gasteiger partial charge is 0.255 e. The van der Waals surface area contributed by atoms with Crippen LogP contribution in [0.5, 0.6) is 0 Å². The molecule has 6 heteroatoms. The number of hydrogen-bond donors (Lipinski definition) is 1. The number of benzene rings is 1. The average Bonchev–Trinajstić information content (AvgIpc) is 2.82. The van der Waals surface area contributed by atoms with E-state index in [1.807, 2.05) is 19.0 Å². The van der Waals surface area contributed by atoms with Crippen LogP contribution in [0.3, 0.4) is 0 Å². The third kappa shape index (κ3) is 2.95. The van der Waals surface area contributed by atoms with E-state index in [0.29, 0.717) is 13.0 Å². The lowest BCUT2D eigenvalue weighted by atomic mass is 10.1. The van der Waals surface area contributed by atoms with E-state index in [0.717, 1.165) is 6.07 Å². The van der Waals surface area contributed by atoms with E-state index in [2.05, 4.69) is 0 Å². The third-order valence-corrected chi connectivity index (χ3v) is 4.07. The summed E-state index contributed by atoms with van der Waals surface area (Å²) in [5.74, 6) is -0.740. The zero-order valence-corrected chi connectivity index (χ0v) is 12.3. The predicted molar refractivity (Wildman–Crippen MR) is 75.4 cm³/mol. The van der Waals surface area contributed by atoms with Gasteiger partial charge in [0.2, 0.25) is 0 Å². The molecule has 2 atom stereocenters. The minimum Gasteiger partial charge on any atom is -0.394 e. The van der Waals surface area contributed by atoms with Crippen molar-refractivity contribution in [3.8, 4) is 0 Å². The molecule has 110 valence electrons. The number of aliphatic hydroxyl groups excluding tert-OH is 1. The zero-order chi connectivity index (χ0) is 14.9. The van der Waals surface area contributed by atoms with Crippen LogP contribution in [0.25, 0.3) is 0 Å². The summed E-state index contributed by atoms with van der Waals surface area (Å²) >= 11 is 5.93. The fourth-order valence-corrected chi connectivity index (χ4v) is 2.75. The molecule has 1 N–H and O–H groups in total. The highest BCUT2D eigenvalue weighted by molar-refractivity contribution is 6.33. The lowest BCUT2D eigenvalue weighted by molar-refractivity contribution is 0.0673. The van der Waals surface area contributed by atoms with Crippen LogP contribution in [0.2, 0.25) is 5.02 Å². The molecule has 0 aliphatic carbocycles. The van der Waals surface area contributed by atoms with Gasteiger partial charge in [0.1, 0.15) is 5.82 Å². The minimum absolute atomic E-state index is 0.0884. The van der Waals surface area contributed by atoms with Gasteiger partial charge in [0.15, 0.2) is 0 Å². The summed E-state index contributed by atoms with van der Waals surface area (Å²) in [6.45, 7) is 0.444. The summed E-state index contributed by atoms with van der Waals surface area (Å²) in [6, 6.07) is 3.71. The number of carbonyl (C=O) groups is 1. The average molecular weight is 301 g/mol. The van der Waals surface area contributed by atoms with Gasteiger partial charge in [-0.05, 0) is 38.7 Å². The summed E-state index contributed by atoms with van der Waals surface area (Å²) < 4.78 is 13.0. The highest BCUT2D eigenvalue weighted by Crippen LogP contribution is 2.26. The quantitative estimate of drug-likeness (QED) is 0.922. The third-order valence-electron chi connectivity index (χ3n) is 3.76. The molecule has 1 aliphatic rings. The molecule has 0 saturated carbocycles. The monoisotopic (exact) mass is 300 g/mol. The van der Waals surface area contributed by atoms with Gasteiger partial charge in [0.25, 0.3) is 5.91 Å². The maximum atomic E-state index is 13.0. The van der Waals surface area contributed by atoms with E-state index >= 15 is 0 Å². The first-order valence-electron chi connectivity index (χ1n) is 6.47. The molecular formula is C14H18ClFN2O2. The standard InChI is InChI=1S/C14H18ClFN2O2/c1-17(2)10-6-11(8-19)18(7-10)14(20)12-4-3-9(16)5-13(12)15/h3-5,10-11,19H,6-8H2,1-2H3/t10-,11+/m1/s1. The van der Waals surface area contributed by atoms with Crippen LogP contribution >= 0.6 is 11.6 Å². The van der Waals surface area contributed by atoms with Gasteiger partial charge in [-0.2, -0.15) is 0 Å². The fraction of sp³-hybridized carbons (Fsp3) is 0.500. The Kier molecular flexibility index (Phi) is 4.62. The lowest BCUT2D eigenvalue weighted by Gasteiger charge is -2.24. The molecule has 0 unspecified atom stereocenters. The van der Waals surface area contributed by atoms with Crippen molar-refractivity contribution in [2.75, 3.05) is 27.2 Å². The van der Waals surface area contributed by atoms with Crippen LogP contribution < -0.4 is 0 Å². The summed E-state index contributed by atoms with van der Waals surface area (Å²) in [5, 5.41) is 9.54. The van der Waals surface area contributed by atoms with Crippen LogP contribution in [0.4, 0.5) is 4.39 Å². The second-order valence-electron chi connectivity index (χ2n) is 5.27. The second kappa shape index (κ2) is 6.08. The summed E-state index contributed by atoms with van der Waals surface area (Å²) in [7, 11) is 3.88. The molecule has 1 aliphatic heterocycles. The van der Waals surface area contributed by atoms with Gasteiger partial charge >= 0.3 is 0 Å². The number of likely N-dealkylation sites (N-methyl/N-ethyl adjacent to an activating group) is 1. The molecule has 1 aromatic carbocycles. The molecule has 1 amide bonds. The number of likely N-dealkylation sites (tertiary alicyclic amines) is 1. The van der Waals surface area contributed by atoms with Gasteiger partial charge in [-0.3, -0.25) is 4.79 Å². The van der Waals surface area contributed by atoms with Crippen LogP contribution in [-0.2, 0) is 0 Å². The van der Waals surface area contributed by atoms with Gasteiger partial charge < -0.3 is 14.9 Å². The van der Waals surface area contributed by atoms with Gasteiger partial charge in [0, 0.05) is 12.6 Å². The highest BCUT2D eigenvalue weighted by atomic mass is 35.5. The summed E-state index contributed by atoms with van der Waals surface area (Å²) in [5.41, 5.74) is 0.269. The van der Waals surface area contributed by atoms with Crippen molar-refractivity contribution in [3.63, 3.8) is 0 Å². The molecule has 20 heavy (non-hydrogen) atoms. The first-order chi connectivity index (χ1) is 9.43. The molecule has 2 rings (SSSR count). The van der Waals surface area contributed by atoms with E-state index in [4.69, 9.17) is 11.6 Å². The molecule has 0 radical (unpaired) electrons. The Balaban J connectivity index is 2.23. The Hall–Kier alpha value is -1.17. The minimum atomic E-state index is -0.474. The number of hydrogen-bond acceptors (Lipinski definition) is 3. The van der Waals surface area contributed by atoms with Crippen molar-refractivity contribution < 1.29 is 14.3 Å². The SMILES string of the molecule is CN(C)[C@@H]1C[C@@H](CO)N(C(=O)c2ccc(F)cc2Cl)C1. The number of nitrogens with zero attached hydrogens (tertiary/aromatic N) is 2. The summed E-state index contributed by atoms with van der Waals surface area (Å²) in [6.07, 6.45) is 0.716. The summed E-state index contributed by atoms with van der Waals surface area (Å²) in [4.78, 5) is 16.2. The van der Waals surface area contributed by atoms with E-state index in [1.165, 1.54) is 12.1 Å². The van der Waals surface area contributed by atoms with Crippen LogP contribution in [-0.4, -0.2) is 60.1 Å². The Morgan fingerprint density at radius 1 is 1.55 bits per heavy atom. The Morgan fingerprint density at radius 3 is 2.80 bits per heavy atom. The normalized spacial score (nSPS) is 22.6. The second-order valence-corrected chi connectivity index (χ2v) is 5.68. The van der Waals surface area contributed by atoms with Crippen molar-refractivity contribution in [1.29, 1.82) is 0 Å². The van der Waals surface area contributed by atoms with E-state index < -0.39 is 5.82 Å². The van der Waals surface area contributed by atoms with Gasteiger partial charge in [-0.1, -0.05) is 11.6 Å². The highest BCUT2D eigenvalue weighted by Gasteiger charge is 2.36. The molecule has 0 bridgehead atoms. The van der Waals surface area contributed by atoms with Crippen molar-refractivity contribution in [2.45, 2.75) is 18.5 Å². The van der Waals surface area contributed by atoms with E-state index in [9.17, 15) is 14.3 Å². The maximum absolute atomic E-state index is 13.0. The Bertz CT molecular complexity index is 510. The van der Waals surface area contributed by atoms with Crippen LogP contribution in [0, 0.1) is 5.82 Å². The van der Waals surface area contributed by atoms with Crippen molar-refractivity contribution in [1.82, 2.24) is 9.80 Å². The number of rotatable bonds is 3. The maximum Gasteiger partial charge on any atom is 0.255 e. The largest absolute Gasteiger partial charge is 0.394 e. The number of aliphatic hydroxyl groups is 1. The first kappa shape index (κ1) is 15.2. The number of carbonyl (C=O) groups excluding carboxylic acids is 1. The molecule has 0 spiro atoms. The Labute approximate surface area is 122 Å². The van der Waals surface area contributed by atoms with Crippen molar-refractivity contribution in [2.24, 2.45) is 0 Å². The van der Waals surface area contributed by atoms with Gasteiger partial charge in [-0.25, -0.2) is 4.39 Å². The van der Waals surface area contributed by atoms with E-state index in [-0.39, 0.29) is 35.2 Å². The molecular weight excluding hydrogens is 283 g/mol. The van der Waals surface area contributed by atoms with Crippen LogP contribution in [0.1, 0.15) is 16.8 Å². The molecule has 4 nitrogen and oxygen atoms in total. The van der Waals surface area contributed by atoms with E-state index in [1.54, 1.807) is 4.90 Å². The van der Waals surface area contributed by atoms with Gasteiger partial charge in [-0.15, -0.1) is 0 Å². The zero-order valence-electron chi connectivity index (χ0n) is 11.5. The number of amides is 1. The molecule has 1 heterocycles. The molecule has 0 aromatic heterocycles. The number of halogens is 2. The van der Waals surface area contributed by atoms with Crippen molar-refractivity contribution >= 4 is 17.5 Å². The molecule has 1 saturated heterocycles. The topological polar surface area (TPSA) is 43.8 Å². The van der Waals surface area contributed by atoms with Gasteiger partial charge in [0.05, 0.1) is 23.2 Å². The first-order valence-corrected chi connectivity index (χ1v) is 6.85. The van der Waals surface area contributed by atoms with Crippen LogP contribution in [0.15, 0.2) is 18.2 Å². The predicted octanol–water partition coefficient (Wildman–Crippen LogP) is 1.62. The fourth-order valence-electron chi connectivity index (χ4n) is 2.51. The lowest BCUT2D eigenvalue weighted by Crippen LogP contribution is -2.39. The van der Waals surface area contributed by atoms with Crippen molar-refractivity contribution in [3.05, 3.63) is 34.6 Å².